The van der Waals surface area contributed by atoms with Crippen LogP contribution < -0.4 is 10.2 Å². The van der Waals surface area contributed by atoms with Crippen LogP contribution in [0.3, 0.4) is 0 Å². The van der Waals surface area contributed by atoms with E-state index in [0.717, 1.165) is 10.4 Å². The minimum atomic E-state index is -2.11. The minimum Gasteiger partial charge on any atom is -0.508 e. The van der Waals surface area contributed by atoms with Gasteiger partial charge in [-0.15, -0.1) is 11.7 Å². The molecule has 0 saturated carbocycles. The average molecular weight is 920 g/mol. The predicted octanol–water partition coefficient (Wildman–Crippen LogP) is 7.40. The second-order valence-corrected chi connectivity index (χ2v) is 16.8. The molecule has 2 N–H and O–H groups in total. The third-order valence-corrected chi connectivity index (χ3v) is 12.9. The lowest BCUT2D eigenvalue weighted by atomic mass is 9.65. The number of aromatic hydroxyl groups is 1. The van der Waals surface area contributed by atoms with E-state index in [1.807, 2.05) is 89.8 Å². The molecule has 16 nitrogen and oxygen atoms in total. The van der Waals surface area contributed by atoms with E-state index >= 15 is 14.4 Å². The van der Waals surface area contributed by atoms with Crippen LogP contribution in [-0.2, 0) is 42.4 Å². The maximum atomic E-state index is 16.3. The topological polar surface area (TPSA) is 199 Å². The van der Waals surface area contributed by atoms with Crippen LogP contribution >= 0.6 is 0 Å². The van der Waals surface area contributed by atoms with Crippen molar-refractivity contribution in [3.8, 4) is 17.6 Å². The van der Waals surface area contributed by atoms with Crippen LogP contribution in [0.1, 0.15) is 51.6 Å². The number of hydrogen-bond acceptors (Lipinski definition) is 12. The Balaban J connectivity index is 1.20. The summed E-state index contributed by atoms with van der Waals surface area (Å²) in [7, 11) is 0. The Kier molecular flexibility index (Phi) is 11.5. The number of cyclic esters (lactones) is 1. The lowest BCUT2D eigenvalue weighted by molar-refractivity contribution is -0.384. The summed E-state index contributed by atoms with van der Waals surface area (Å²) >= 11 is 0. The number of benzene rings is 6. The van der Waals surface area contributed by atoms with Gasteiger partial charge >= 0.3 is 12.1 Å². The number of carbonyl (C=O) groups excluding carboxylic acids is 4. The summed E-state index contributed by atoms with van der Waals surface area (Å²) in [4.78, 5) is 75.1. The van der Waals surface area contributed by atoms with Gasteiger partial charge in [0.05, 0.1) is 34.1 Å². The zero-order valence-electron chi connectivity index (χ0n) is 36.6. The number of nitro groups is 1. The summed E-state index contributed by atoms with van der Waals surface area (Å²) in [6, 6.07) is 39.0. The van der Waals surface area contributed by atoms with E-state index in [-0.39, 0.29) is 42.4 Å². The van der Waals surface area contributed by atoms with Crippen LogP contribution in [0.15, 0.2) is 164 Å². The Hall–Kier alpha value is -8.94. The Morgan fingerprint density at radius 2 is 1.57 bits per heavy atom. The number of phenolic OH excluding ortho intramolecular Hbond substituents is 1. The molecule has 3 aliphatic rings. The zero-order valence-corrected chi connectivity index (χ0v) is 36.6. The number of phenols is 1. The fourth-order valence-electron chi connectivity index (χ4n) is 10.1. The first-order valence-electron chi connectivity index (χ1n) is 22.0. The summed E-state index contributed by atoms with van der Waals surface area (Å²) in [6.07, 6.45) is -0.574. The highest BCUT2D eigenvalue weighted by molar-refractivity contribution is 6.23. The second kappa shape index (κ2) is 18.0. The molecule has 69 heavy (non-hydrogen) atoms. The maximum Gasteiger partial charge on any atom is 0.421 e. The summed E-state index contributed by atoms with van der Waals surface area (Å²) in [5.74, 6) is 2.36. The van der Waals surface area contributed by atoms with Crippen LogP contribution in [0.25, 0.3) is 11.0 Å². The van der Waals surface area contributed by atoms with Gasteiger partial charge in [0.25, 0.3) is 5.69 Å². The van der Waals surface area contributed by atoms with Gasteiger partial charge in [-0.1, -0.05) is 108 Å². The minimum absolute atomic E-state index is 0.0314. The number of nitro benzene ring substituents is 1. The van der Waals surface area contributed by atoms with Gasteiger partial charge in [-0.05, 0) is 82.4 Å². The summed E-state index contributed by atoms with van der Waals surface area (Å²) in [5, 5.41) is 33.4. The van der Waals surface area contributed by atoms with Crippen molar-refractivity contribution in [1.29, 1.82) is 0 Å². The number of morpholine rings is 1. The molecular weight excluding hydrogens is 879 g/mol. The van der Waals surface area contributed by atoms with Gasteiger partial charge in [-0.3, -0.25) is 29.4 Å². The highest BCUT2D eigenvalue weighted by Crippen LogP contribution is 2.66. The van der Waals surface area contributed by atoms with Gasteiger partial charge in [0.2, 0.25) is 11.8 Å². The number of esters is 1. The van der Waals surface area contributed by atoms with Crippen molar-refractivity contribution in [2.75, 3.05) is 11.4 Å². The number of nitrogens with one attached hydrogen (secondary N) is 1. The third-order valence-electron chi connectivity index (χ3n) is 12.9. The Bertz CT molecular complexity index is 3220. The molecule has 3 aliphatic heterocycles. The number of nitrogens with zero attached hydrogens (tertiary/aromatic N) is 6. The molecule has 6 atom stereocenters. The summed E-state index contributed by atoms with van der Waals surface area (Å²) in [6.45, 7) is 3.54. The first-order chi connectivity index (χ1) is 33.6. The number of anilines is 1. The molecule has 3 amide bonds. The number of imide groups is 1. The van der Waals surface area contributed by atoms with Crippen LogP contribution in [0.2, 0.25) is 0 Å². The fraction of sp³-hybridized carbons (Fsp3) is 0.170. The molecule has 16 heteroatoms. The van der Waals surface area contributed by atoms with E-state index in [0.29, 0.717) is 33.3 Å². The van der Waals surface area contributed by atoms with Gasteiger partial charge in [0.15, 0.2) is 0 Å². The molecule has 2 fully saturated rings. The molecule has 0 radical (unpaired) electrons. The van der Waals surface area contributed by atoms with Crippen molar-refractivity contribution in [2.45, 2.75) is 42.8 Å². The molecule has 2 saturated heterocycles. The van der Waals surface area contributed by atoms with Crippen LogP contribution in [0, 0.1) is 27.9 Å². The normalized spacial score (nSPS) is 21.4. The first-order valence-corrected chi connectivity index (χ1v) is 22.0. The zero-order chi connectivity index (χ0) is 47.8. The van der Waals surface area contributed by atoms with Gasteiger partial charge < -0.3 is 19.9 Å². The number of carbonyl (C=O) groups is 4. The molecule has 342 valence electrons. The van der Waals surface area contributed by atoms with Crippen molar-refractivity contribution in [3.05, 3.63) is 208 Å². The van der Waals surface area contributed by atoms with E-state index in [1.54, 1.807) is 35.0 Å². The van der Waals surface area contributed by atoms with E-state index in [9.17, 15) is 20.0 Å². The molecule has 0 bridgehead atoms. The monoisotopic (exact) mass is 919 g/mol. The number of para-hydroxylation sites is 1. The van der Waals surface area contributed by atoms with Crippen molar-refractivity contribution in [2.24, 2.45) is 5.92 Å². The first kappa shape index (κ1) is 43.9. The number of amides is 3. The standard InChI is InChI=1S/C53H41N7O9/c1-2-29-54-49(62)44-46-50(63)69-47(36-15-7-4-8-16-36)45(35-13-5-3-6-14-35)59(46)48(37-22-26-39(61)27-23-37)53(44)40-31-33(12-11-30-57-43-18-10-9-17-41(43)55-56-57)21-28-42(40)58(51(53)64)52(65)68-32-34-19-24-38(25-20-34)60(66)67/h2-10,13-28,31,44-48,61H,1,29-30,32H2,(H,54,62). The highest BCUT2D eigenvalue weighted by atomic mass is 16.6. The van der Waals surface area contributed by atoms with Crippen molar-refractivity contribution in [3.63, 3.8) is 0 Å². The fourth-order valence-corrected chi connectivity index (χ4v) is 10.1. The van der Waals surface area contributed by atoms with E-state index in [2.05, 4.69) is 34.0 Å². The molecule has 1 aromatic heterocycles. The van der Waals surface area contributed by atoms with E-state index in [4.69, 9.17) is 9.47 Å². The quantitative estimate of drug-likeness (QED) is 0.0454. The molecule has 4 heterocycles. The van der Waals surface area contributed by atoms with Gasteiger partial charge in [0, 0.05) is 24.2 Å². The van der Waals surface area contributed by atoms with Crippen LogP contribution in [-0.4, -0.2) is 66.4 Å². The average Bonchev–Trinajstić information content (AvgIpc) is 4.01. The Morgan fingerprint density at radius 3 is 2.28 bits per heavy atom. The number of aromatic nitrogens is 3. The van der Waals surface area contributed by atoms with Gasteiger partial charge in [-0.25, -0.2) is 14.4 Å². The number of ether oxygens (including phenoxy) is 2. The molecule has 7 aromatic rings. The Labute approximate surface area is 394 Å². The second-order valence-electron chi connectivity index (χ2n) is 16.8. The van der Waals surface area contributed by atoms with Gasteiger partial charge in [0.1, 0.15) is 42.0 Å². The van der Waals surface area contributed by atoms with Crippen molar-refractivity contribution < 1.29 is 38.7 Å². The van der Waals surface area contributed by atoms with Crippen LogP contribution in [0.5, 0.6) is 5.75 Å². The molecule has 6 aromatic carbocycles. The van der Waals surface area contributed by atoms with Gasteiger partial charge in [-0.2, -0.15) is 0 Å². The summed E-state index contributed by atoms with van der Waals surface area (Å²) < 4.78 is 14.0. The number of fused-ring (bicyclic) bond motifs is 4. The number of non-ortho nitro benzene ring substituents is 1. The van der Waals surface area contributed by atoms with Crippen LogP contribution in [0.4, 0.5) is 16.2 Å². The smallest absolute Gasteiger partial charge is 0.421 e. The predicted molar refractivity (Wildman–Crippen MR) is 251 cm³/mol. The maximum absolute atomic E-state index is 16.3. The summed E-state index contributed by atoms with van der Waals surface area (Å²) in [5.41, 5.74) is 2.11. The molecule has 1 spiro atoms. The molecule has 0 aliphatic carbocycles. The molecule has 10 rings (SSSR count). The number of rotatable bonds is 10. The number of hydrogen-bond donors (Lipinski definition) is 2. The van der Waals surface area contributed by atoms with E-state index < -0.39 is 64.4 Å². The van der Waals surface area contributed by atoms with E-state index in [1.165, 1.54) is 42.5 Å². The third kappa shape index (κ3) is 7.60. The lowest BCUT2D eigenvalue weighted by Crippen LogP contribution is -2.55. The largest absolute Gasteiger partial charge is 0.508 e. The van der Waals surface area contributed by atoms with Crippen molar-refractivity contribution in [1.82, 2.24) is 25.2 Å². The highest BCUT2D eigenvalue weighted by Gasteiger charge is 2.75. The SMILES string of the molecule is C=CCNC(=O)C1C2C(=O)OC(c3ccccc3)C(c3ccccc3)N2C(c2ccc(O)cc2)C12C(=O)N(C(=O)OCc1ccc([N+](=O)[O-])cc1)c1ccc(C#CCn3nnc4ccccc43)cc12. The molecular formula is C53H41N7O9. The Morgan fingerprint density at radius 1 is 0.870 bits per heavy atom. The van der Waals surface area contributed by atoms with Crippen molar-refractivity contribution >= 4 is 46.3 Å². The lowest BCUT2D eigenvalue weighted by Gasteiger charge is -2.46. The molecule has 6 unspecified atom stereocenters.